The summed E-state index contributed by atoms with van der Waals surface area (Å²) >= 11 is 13.1. The zero-order valence-electron chi connectivity index (χ0n) is 18.0. The molecule has 0 aliphatic carbocycles. The quantitative estimate of drug-likeness (QED) is 0.297. The van der Waals surface area contributed by atoms with E-state index in [1.807, 2.05) is 48.5 Å². The lowest BCUT2D eigenvalue weighted by molar-refractivity contribution is 0.310. The Labute approximate surface area is 193 Å². The number of halogens is 2. The standard InChI is InChI=1S/C26H24Cl2N2O/c1-16-12-19(26(2,3)4)20(27)13-18(16)22-14-23(31-15-17-8-6-5-7-9-17)24-21(30-22)10-11-29-25(24)28/h5-14H,15H2,1-4H3. The van der Waals surface area contributed by atoms with Gasteiger partial charge in [0.1, 0.15) is 17.5 Å². The van der Waals surface area contributed by atoms with Crippen LogP contribution in [0.2, 0.25) is 10.2 Å². The minimum absolute atomic E-state index is 0.0413. The van der Waals surface area contributed by atoms with E-state index in [0.29, 0.717) is 22.9 Å². The van der Waals surface area contributed by atoms with Crippen molar-refractivity contribution in [2.24, 2.45) is 0 Å². The molecule has 3 nitrogen and oxygen atoms in total. The average Bonchev–Trinajstić information content (AvgIpc) is 2.73. The molecule has 4 rings (SSSR count). The molecule has 4 aromatic rings. The highest BCUT2D eigenvalue weighted by Gasteiger charge is 2.20. The van der Waals surface area contributed by atoms with E-state index in [0.717, 1.165) is 38.5 Å². The Balaban J connectivity index is 1.83. The van der Waals surface area contributed by atoms with E-state index in [1.54, 1.807) is 6.20 Å². The van der Waals surface area contributed by atoms with Gasteiger partial charge in [0, 0.05) is 22.8 Å². The highest BCUT2D eigenvalue weighted by atomic mass is 35.5. The summed E-state index contributed by atoms with van der Waals surface area (Å²) in [5.41, 5.74) is 5.74. The molecule has 0 spiro atoms. The van der Waals surface area contributed by atoms with Crippen LogP contribution in [-0.2, 0) is 12.0 Å². The van der Waals surface area contributed by atoms with Crippen molar-refractivity contribution in [2.45, 2.75) is 39.7 Å². The van der Waals surface area contributed by atoms with Crippen molar-refractivity contribution in [3.05, 3.63) is 87.7 Å². The van der Waals surface area contributed by atoms with E-state index in [-0.39, 0.29) is 5.41 Å². The number of fused-ring (bicyclic) bond motifs is 1. The fourth-order valence-electron chi connectivity index (χ4n) is 3.63. The van der Waals surface area contributed by atoms with Crippen LogP contribution in [-0.4, -0.2) is 9.97 Å². The Hall–Kier alpha value is -2.62. The molecule has 0 N–H and O–H groups in total. The van der Waals surface area contributed by atoms with Gasteiger partial charge in [-0.2, -0.15) is 0 Å². The van der Waals surface area contributed by atoms with E-state index >= 15 is 0 Å². The van der Waals surface area contributed by atoms with Crippen molar-refractivity contribution in [2.75, 3.05) is 0 Å². The summed E-state index contributed by atoms with van der Waals surface area (Å²) in [5.74, 6) is 0.650. The second-order valence-electron chi connectivity index (χ2n) is 8.67. The van der Waals surface area contributed by atoms with Crippen LogP contribution in [0.5, 0.6) is 5.75 Å². The van der Waals surface area contributed by atoms with Crippen molar-refractivity contribution in [3.63, 3.8) is 0 Å². The van der Waals surface area contributed by atoms with Gasteiger partial charge in [-0.15, -0.1) is 0 Å². The molecule has 0 atom stereocenters. The van der Waals surface area contributed by atoms with Gasteiger partial charge in [-0.3, -0.25) is 0 Å². The smallest absolute Gasteiger partial charge is 0.142 e. The summed E-state index contributed by atoms with van der Waals surface area (Å²) in [4.78, 5) is 9.07. The number of ether oxygens (including phenoxy) is 1. The van der Waals surface area contributed by atoms with Crippen LogP contribution in [0.4, 0.5) is 0 Å². The highest BCUT2D eigenvalue weighted by molar-refractivity contribution is 6.34. The third kappa shape index (κ3) is 4.53. The predicted molar refractivity (Wildman–Crippen MR) is 129 cm³/mol. The van der Waals surface area contributed by atoms with Gasteiger partial charge in [0.25, 0.3) is 0 Å². The van der Waals surface area contributed by atoms with E-state index in [9.17, 15) is 0 Å². The van der Waals surface area contributed by atoms with Gasteiger partial charge < -0.3 is 4.74 Å². The number of hydrogen-bond donors (Lipinski definition) is 0. The maximum atomic E-state index is 6.67. The second kappa shape index (κ2) is 8.49. The molecule has 158 valence electrons. The normalized spacial score (nSPS) is 11.7. The van der Waals surface area contributed by atoms with Crippen LogP contribution in [0, 0.1) is 6.92 Å². The summed E-state index contributed by atoms with van der Waals surface area (Å²) in [6.45, 7) is 8.98. The van der Waals surface area contributed by atoms with Gasteiger partial charge in [0.2, 0.25) is 0 Å². The molecule has 0 saturated carbocycles. The molecule has 0 bridgehead atoms. The van der Waals surface area contributed by atoms with Gasteiger partial charge in [-0.25, -0.2) is 9.97 Å². The minimum atomic E-state index is -0.0413. The lowest BCUT2D eigenvalue weighted by atomic mass is 9.85. The van der Waals surface area contributed by atoms with Gasteiger partial charge in [0.15, 0.2) is 0 Å². The van der Waals surface area contributed by atoms with Gasteiger partial charge in [-0.05, 0) is 41.2 Å². The first-order valence-corrected chi connectivity index (χ1v) is 10.9. The van der Waals surface area contributed by atoms with Crippen molar-refractivity contribution in [3.8, 4) is 17.0 Å². The lowest BCUT2D eigenvalue weighted by Gasteiger charge is -2.22. The molecule has 0 unspecified atom stereocenters. The molecule has 31 heavy (non-hydrogen) atoms. The first-order chi connectivity index (χ1) is 14.7. The molecule has 5 heteroatoms. The molecule has 0 amide bonds. The molecular formula is C26H24Cl2N2O. The van der Waals surface area contributed by atoms with Gasteiger partial charge >= 0.3 is 0 Å². The molecule has 0 saturated heterocycles. The summed E-state index contributed by atoms with van der Waals surface area (Å²) in [5, 5.41) is 1.81. The van der Waals surface area contributed by atoms with E-state index in [2.05, 4.69) is 38.7 Å². The van der Waals surface area contributed by atoms with Crippen LogP contribution in [0.3, 0.4) is 0 Å². The van der Waals surface area contributed by atoms with Crippen molar-refractivity contribution < 1.29 is 4.74 Å². The maximum absolute atomic E-state index is 6.67. The van der Waals surface area contributed by atoms with Crippen LogP contribution in [0.15, 0.2) is 60.8 Å². The molecule has 2 aromatic carbocycles. The third-order valence-corrected chi connectivity index (χ3v) is 5.87. The zero-order chi connectivity index (χ0) is 22.2. The lowest BCUT2D eigenvalue weighted by Crippen LogP contribution is -2.12. The number of rotatable bonds is 4. The summed E-state index contributed by atoms with van der Waals surface area (Å²) in [7, 11) is 0. The monoisotopic (exact) mass is 450 g/mol. The Kier molecular flexibility index (Phi) is 5.92. The predicted octanol–water partition coefficient (Wildman–Crippen LogP) is 7.79. The maximum Gasteiger partial charge on any atom is 0.142 e. The van der Waals surface area contributed by atoms with Crippen LogP contribution >= 0.6 is 23.2 Å². The Morgan fingerprint density at radius 3 is 2.42 bits per heavy atom. The van der Waals surface area contributed by atoms with Crippen molar-refractivity contribution in [1.29, 1.82) is 0 Å². The van der Waals surface area contributed by atoms with E-state index < -0.39 is 0 Å². The van der Waals surface area contributed by atoms with Crippen molar-refractivity contribution in [1.82, 2.24) is 9.97 Å². The average molecular weight is 451 g/mol. The van der Waals surface area contributed by atoms with Crippen LogP contribution in [0.25, 0.3) is 22.2 Å². The Bertz CT molecular complexity index is 1250. The van der Waals surface area contributed by atoms with Gasteiger partial charge in [-0.1, -0.05) is 80.4 Å². The fraction of sp³-hybridized carbons (Fsp3) is 0.231. The molecular weight excluding hydrogens is 427 g/mol. The molecule has 0 aliphatic heterocycles. The topological polar surface area (TPSA) is 35.0 Å². The first kappa shape index (κ1) is 21.6. The number of aromatic nitrogens is 2. The number of benzene rings is 2. The third-order valence-electron chi connectivity index (χ3n) is 5.27. The minimum Gasteiger partial charge on any atom is -0.488 e. The highest BCUT2D eigenvalue weighted by Crippen LogP contribution is 2.38. The Morgan fingerprint density at radius 1 is 0.968 bits per heavy atom. The van der Waals surface area contributed by atoms with E-state index in [1.165, 1.54) is 0 Å². The summed E-state index contributed by atoms with van der Waals surface area (Å²) in [6.07, 6.45) is 1.66. The van der Waals surface area contributed by atoms with Gasteiger partial charge in [0.05, 0.1) is 16.6 Å². The first-order valence-electron chi connectivity index (χ1n) is 10.2. The number of aryl methyl sites for hydroxylation is 1. The largest absolute Gasteiger partial charge is 0.488 e. The zero-order valence-corrected chi connectivity index (χ0v) is 19.6. The Morgan fingerprint density at radius 2 is 1.71 bits per heavy atom. The SMILES string of the molecule is Cc1cc(C(C)(C)C)c(Cl)cc1-c1cc(OCc2ccccc2)c2c(Cl)nccc2n1. The van der Waals surface area contributed by atoms with Crippen LogP contribution in [0.1, 0.15) is 37.5 Å². The number of nitrogens with zero attached hydrogens (tertiary/aromatic N) is 2. The fourth-order valence-corrected chi connectivity index (χ4v) is 4.32. The second-order valence-corrected chi connectivity index (χ2v) is 9.44. The molecule has 0 radical (unpaired) electrons. The number of pyridine rings is 2. The molecule has 2 heterocycles. The van der Waals surface area contributed by atoms with Crippen LogP contribution < -0.4 is 4.74 Å². The molecule has 0 fully saturated rings. The van der Waals surface area contributed by atoms with Crippen molar-refractivity contribution >= 4 is 34.1 Å². The van der Waals surface area contributed by atoms with E-state index in [4.69, 9.17) is 32.9 Å². The number of hydrogen-bond acceptors (Lipinski definition) is 3. The molecule has 2 aromatic heterocycles. The summed E-state index contributed by atoms with van der Waals surface area (Å²) < 4.78 is 6.20. The summed E-state index contributed by atoms with van der Waals surface area (Å²) in [6, 6.07) is 17.9. The molecule has 0 aliphatic rings.